The summed E-state index contributed by atoms with van der Waals surface area (Å²) in [4.78, 5) is 123. The predicted molar refractivity (Wildman–Crippen MR) is 226 cm³/mol. The van der Waals surface area contributed by atoms with Gasteiger partial charge in [-0.1, -0.05) is 32.9 Å². The summed E-state index contributed by atoms with van der Waals surface area (Å²) in [5.41, 5.74) is 7.32. The molecule has 0 unspecified atom stereocenters. The SMILES string of the molecule is C=CCOC(=O)C[C@H](NC(=O)[C@@H]1CSc2[nH]c3cc(OC(C)=O)ccc3c2C[C@H](N)C(=O)NCC(=O)N[C@@H]([C@@H](C)CC)C(=O)NCC(=O)N1)C(=O)N(C[C@@H](C)O)[C@@H](C)C(=O)NC. The third kappa shape index (κ3) is 14.6. The molecule has 1 aromatic carbocycles. The summed E-state index contributed by atoms with van der Waals surface area (Å²) >= 11 is 1.01. The van der Waals surface area contributed by atoms with Crippen LogP contribution in [0.1, 0.15) is 53.0 Å². The molecule has 0 bridgehead atoms. The average molecular weight is 888 g/mol. The Balaban J connectivity index is 2.13. The minimum absolute atomic E-state index is 0.101. The first-order chi connectivity index (χ1) is 29.3. The fourth-order valence-corrected chi connectivity index (χ4v) is 7.42. The highest BCUT2D eigenvalue weighted by molar-refractivity contribution is 7.99. The molecule has 2 heterocycles. The van der Waals surface area contributed by atoms with Crippen LogP contribution < -0.4 is 42.4 Å². The van der Waals surface area contributed by atoms with Crippen molar-refractivity contribution in [1.82, 2.24) is 41.8 Å². The highest BCUT2D eigenvalue weighted by Gasteiger charge is 2.36. The Morgan fingerprint density at radius 2 is 1.71 bits per heavy atom. The van der Waals surface area contributed by atoms with Gasteiger partial charge in [0.05, 0.1) is 42.2 Å². The van der Waals surface area contributed by atoms with E-state index in [-0.39, 0.29) is 31.1 Å². The standard InChI is InChI=1S/C40H57N9O12S/c1-8-12-60-33(54)15-29(40(59)49(18-21(4)50)22(5)35(55)42-7)46-37(57)30-19-62-39-26(25-11-10-24(61-23(6)51)13-28(25)47-39)14-27(41)36(56)43-17-32(53)48-34(20(3)9-2)38(58)44-16-31(52)45-30/h8,10-11,13,20-22,27,29-30,34,47,50H,1,9,12,14-19,41H2,2-7H3,(H,42,55)(H,43,56)(H,44,58)(H,45,52)(H,46,57)(H,48,53)/t20-,21+,22-,27-,29-,30-,34-/m0/s1. The second-order valence-corrected chi connectivity index (χ2v) is 15.7. The zero-order valence-corrected chi connectivity index (χ0v) is 36.4. The van der Waals surface area contributed by atoms with Crippen molar-refractivity contribution in [3.63, 3.8) is 0 Å². The number of nitrogens with two attached hydrogens (primary N) is 1. The number of nitrogens with zero attached hydrogens (tertiary/aromatic N) is 1. The maximum Gasteiger partial charge on any atom is 0.308 e. The van der Waals surface area contributed by atoms with E-state index in [1.54, 1.807) is 26.0 Å². The molecule has 0 fully saturated rings. The lowest BCUT2D eigenvalue weighted by atomic mass is 9.98. The Morgan fingerprint density at radius 1 is 1.05 bits per heavy atom. The van der Waals surface area contributed by atoms with E-state index in [0.29, 0.717) is 27.9 Å². The zero-order valence-electron chi connectivity index (χ0n) is 35.6. The molecule has 7 amide bonds. The van der Waals surface area contributed by atoms with Crippen LogP contribution in [-0.2, 0) is 54.3 Å². The molecule has 62 heavy (non-hydrogen) atoms. The second kappa shape index (κ2) is 23.9. The van der Waals surface area contributed by atoms with Crippen molar-refractivity contribution in [2.75, 3.05) is 39.0 Å². The van der Waals surface area contributed by atoms with Gasteiger partial charge in [-0.05, 0) is 43.9 Å². The molecule has 22 heteroatoms. The summed E-state index contributed by atoms with van der Waals surface area (Å²) in [5, 5.41) is 26.3. The van der Waals surface area contributed by atoms with Gasteiger partial charge in [-0.3, -0.25) is 43.2 Å². The average Bonchev–Trinajstić information content (AvgIpc) is 3.56. The number of aromatic nitrogens is 1. The molecule has 0 saturated heterocycles. The molecular formula is C40H57N9O12S. The molecular weight excluding hydrogens is 831 g/mol. The molecule has 0 spiro atoms. The first kappa shape index (κ1) is 50.4. The number of rotatable bonds is 14. The van der Waals surface area contributed by atoms with Gasteiger partial charge in [-0.15, -0.1) is 11.8 Å². The molecule has 21 nitrogen and oxygen atoms in total. The van der Waals surface area contributed by atoms with Gasteiger partial charge in [0.2, 0.25) is 41.4 Å². The first-order valence-electron chi connectivity index (χ1n) is 19.9. The van der Waals surface area contributed by atoms with Crippen molar-refractivity contribution in [2.24, 2.45) is 11.7 Å². The molecule has 1 aromatic heterocycles. The van der Waals surface area contributed by atoms with Crippen molar-refractivity contribution < 1.29 is 57.7 Å². The minimum Gasteiger partial charge on any atom is -0.461 e. The van der Waals surface area contributed by atoms with E-state index in [1.807, 2.05) is 0 Å². The van der Waals surface area contributed by atoms with Crippen molar-refractivity contribution in [3.05, 3.63) is 36.4 Å². The number of hydrogen-bond acceptors (Lipinski definition) is 14. The third-order valence-electron chi connectivity index (χ3n) is 9.75. The summed E-state index contributed by atoms with van der Waals surface area (Å²) < 4.78 is 10.3. The van der Waals surface area contributed by atoms with Gasteiger partial charge in [0.15, 0.2) is 0 Å². The number of nitrogens with one attached hydrogen (secondary N) is 7. The zero-order chi connectivity index (χ0) is 46.3. The molecule has 340 valence electrons. The number of likely N-dealkylation sites (N-methyl/N-ethyl adjacent to an activating group) is 1. The van der Waals surface area contributed by atoms with Crippen LogP contribution in [0.2, 0.25) is 0 Å². The van der Waals surface area contributed by atoms with E-state index in [2.05, 4.69) is 43.5 Å². The Bertz CT molecular complexity index is 2010. The van der Waals surface area contributed by atoms with Crippen LogP contribution in [0, 0.1) is 5.92 Å². The summed E-state index contributed by atoms with van der Waals surface area (Å²) in [6.07, 6.45) is -0.212. The number of thioether (sulfide) groups is 1. The number of carbonyl (C=O) groups is 9. The lowest BCUT2D eigenvalue weighted by Crippen LogP contribution is -2.59. The van der Waals surface area contributed by atoms with Crippen molar-refractivity contribution in [1.29, 1.82) is 0 Å². The second-order valence-electron chi connectivity index (χ2n) is 14.7. The summed E-state index contributed by atoms with van der Waals surface area (Å²) in [7, 11) is 1.35. The Labute approximate surface area is 362 Å². The smallest absolute Gasteiger partial charge is 0.308 e. The largest absolute Gasteiger partial charge is 0.461 e. The van der Waals surface area contributed by atoms with Crippen LogP contribution in [0.3, 0.4) is 0 Å². The van der Waals surface area contributed by atoms with E-state index >= 15 is 0 Å². The lowest BCUT2D eigenvalue weighted by Gasteiger charge is -2.33. The summed E-state index contributed by atoms with van der Waals surface area (Å²) in [6, 6.07) is -1.96. The van der Waals surface area contributed by atoms with Crippen LogP contribution in [-0.4, -0.2) is 144 Å². The van der Waals surface area contributed by atoms with E-state index in [4.69, 9.17) is 15.2 Å². The lowest BCUT2D eigenvalue weighted by molar-refractivity contribution is -0.149. The number of H-pyrrole nitrogens is 1. The number of amides is 7. The van der Waals surface area contributed by atoms with E-state index in [1.165, 1.54) is 40.0 Å². The number of aliphatic hydroxyl groups is 1. The quantitative estimate of drug-likeness (QED) is 0.0579. The van der Waals surface area contributed by atoms with Crippen LogP contribution in [0.25, 0.3) is 10.9 Å². The highest BCUT2D eigenvalue weighted by Crippen LogP contribution is 2.33. The normalized spacial score (nSPS) is 19.8. The molecule has 1 aliphatic rings. The number of fused-ring (bicyclic) bond motifs is 3. The summed E-state index contributed by atoms with van der Waals surface area (Å²) in [5.74, 6) is -7.40. The third-order valence-corrected chi connectivity index (χ3v) is 10.9. The molecule has 0 radical (unpaired) electrons. The number of aliphatic hydroxyl groups excluding tert-OH is 1. The van der Waals surface area contributed by atoms with Crippen molar-refractivity contribution in [2.45, 2.75) is 95.2 Å². The monoisotopic (exact) mass is 887 g/mol. The maximum atomic E-state index is 14.3. The van der Waals surface area contributed by atoms with Gasteiger partial charge < -0.3 is 62.1 Å². The Morgan fingerprint density at radius 3 is 2.32 bits per heavy atom. The minimum atomic E-state index is -1.68. The van der Waals surface area contributed by atoms with E-state index < -0.39 is 115 Å². The van der Waals surface area contributed by atoms with E-state index in [9.17, 15) is 48.3 Å². The number of carbonyl (C=O) groups excluding carboxylic acids is 9. The number of aromatic amines is 1. The van der Waals surface area contributed by atoms with Crippen LogP contribution >= 0.6 is 11.8 Å². The number of esters is 2. The van der Waals surface area contributed by atoms with Crippen LogP contribution in [0.15, 0.2) is 35.9 Å². The molecule has 1 aliphatic heterocycles. The van der Waals surface area contributed by atoms with Crippen molar-refractivity contribution in [3.8, 4) is 5.75 Å². The van der Waals surface area contributed by atoms with Gasteiger partial charge >= 0.3 is 11.9 Å². The fraction of sp³-hybridized carbons (Fsp3) is 0.525. The maximum absolute atomic E-state index is 14.3. The number of ether oxygens (including phenoxy) is 2. The van der Waals surface area contributed by atoms with E-state index in [0.717, 1.165) is 16.7 Å². The van der Waals surface area contributed by atoms with Crippen LogP contribution in [0.5, 0.6) is 5.75 Å². The molecule has 2 aromatic rings. The van der Waals surface area contributed by atoms with Gasteiger partial charge in [0.1, 0.15) is 36.5 Å². The predicted octanol–water partition coefficient (Wildman–Crippen LogP) is -1.74. The highest BCUT2D eigenvalue weighted by atomic mass is 32.2. The van der Waals surface area contributed by atoms with Gasteiger partial charge in [0, 0.05) is 37.7 Å². The van der Waals surface area contributed by atoms with Gasteiger partial charge in [-0.25, -0.2) is 0 Å². The van der Waals surface area contributed by atoms with Crippen molar-refractivity contribution >= 4 is 76.0 Å². The summed E-state index contributed by atoms with van der Waals surface area (Å²) in [6.45, 7) is 9.27. The fourth-order valence-electron chi connectivity index (χ4n) is 6.30. The van der Waals surface area contributed by atoms with Gasteiger partial charge in [0.25, 0.3) is 0 Å². The first-order valence-corrected chi connectivity index (χ1v) is 20.9. The molecule has 10 N–H and O–H groups in total. The van der Waals surface area contributed by atoms with Gasteiger partial charge in [-0.2, -0.15) is 0 Å². The Hall–Kier alpha value is -6.00. The number of hydrogen-bond donors (Lipinski definition) is 9. The number of benzene rings is 1. The van der Waals surface area contributed by atoms with Crippen LogP contribution in [0.4, 0.5) is 0 Å². The molecule has 7 atom stereocenters. The molecule has 0 saturated carbocycles. The Kier molecular flexibility index (Phi) is 19.4. The topological polar surface area (TPSA) is 310 Å². The molecule has 0 aliphatic carbocycles. The molecule has 3 rings (SSSR count).